The van der Waals surface area contributed by atoms with Crippen molar-refractivity contribution in [2.75, 3.05) is 19.5 Å². The molecule has 0 atom stereocenters. The summed E-state index contributed by atoms with van der Waals surface area (Å²) in [7, 11) is 3.20. The molecule has 1 aromatic heterocycles. The molecule has 0 aliphatic heterocycles. The first-order chi connectivity index (χ1) is 10.0. The average molecular weight is 348 g/mol. The summed E-state index contributed by atoms with van der Waals surface area (Å²) in [6.45, 7) is 0.470. The highest BCUT2D eigenvalue weighted by molar-refractivity contribution is 6.42. The van der Waals surface area contributed by atoms with Crippen molar-refractivity contribution in [1.29, 1.82) is 0 Å². The van der Waals surface area contributed by atoms with Crippen LogP contribution in [-0.2, 0) is 6.54 Å². The molecule has 0 spiro atoms. The molecular weight excluding hydrogens is 335 g/mol. The summed E-state index contributed by atoms with van der Waals surface area (Å²) >= 11 is 17.8. The van der Waals surface area contributed by atoms with Crippen molar-refractivity contribution >= 4 is 40.6 Å². The molecular formula is C14H13Cl3N2O2. The fourth-order valence-electron chi connectivity index (χ4n) is 1.74. The van der Waals surface area contributed by atoms with Gasteiger partial charge in [0, 0.05) is 18.2 Å². The van der Waals surface area contributed by atoms with Crippen LogP contribution in [0.3, 0.4) is 0 Å². The van der Waals surface area contributed by atoms with E-state index in [0.29, 0.717) is 28.2 Å². The smallest absolute Gasteiger partial charge is 0.150 e. The Morgan fingerprint density at radius 3 is 2.48 bits per heavy atom. The monoisotopic (exact) mass is 346 g/mol. The Morgan fingerprint density at radius 2 is 1.81 bits per heavy atom. The van der Waals surface area contributed by atoms with Gasteiger partial charge in [0.1, 0.15) is 22.5 Å². The summed E-state index contributed by atoms with van der Waals surface area (Å²) in [6.07, 6.45) is 0. The first-order valence-electron chi connectivity index (χ1n) is 6.01. The Bertz CT molecular complexity index is 650. The second-order valence-corrected chi connectivity index (χ2v) is 5.30. The van der Waals surface area contributed by atoms with E-state index in [1.54, 1.807) is 26.4 Å². The highest BCUT2D eigenvalue weighted by atomic mass is 35.5. The molecule has 4 nitrogen and oxygen atoms in total. The Kier molecular flexibility index (Phi) is 5.39. The lowest BCUT2D eigenvalue weighted by Gasteiger charge is -2.12. The third kappa shape index (κ3) is 3.84. The van der Waals surface area contributed by atoms with Gasteiger partial charge in [0.15, 0.2) is 0 Å². The molecule has 7 heteroatoms. The molecule has 0 unspecified atom stereocenters. The minimum Gasteiger partial charge on any atom is -0.497 e. The lowest BCUT2D eigenvalue weighted by Crippen LogP contribution is -2.04. The SMILES string of the molecule is COc1ccc(CNc2nc(Cl)c(Cl)cc2Cl)c(OC)c1. The maximum atomic E-state index is 6.07. The van der Waals surface area contributed by atoms with Crippen LogP contribution in [0.25, 0.3) is 0 Å². The van der Waals surface area contributed by atoms with Crippen LogP contribution in [0, 0.1) is 0 Å². The Morgan fingerprint density at radius 1 is 1.05 bits per heavy atom. The number of aromatic nitrogens is 1. The first kappa shape index (κ1) is 16.0. The van der Waals surface area contributed by atoms with Gasteiger partial charge in [0.2, 0.25) is 0 Å². The quantitative estimate of drug-likeness (QED) is 0.798. The summed E-state index contributed by atoms with van der Waals surface area (Å²) in [4.78, 5) is 4.10. The topological polar surface area (TPSA) is 43.4 Å². The van der Waals surface area contributed by atoms with Crippen LogP contribution in [0.4, 0.5) is 5.82 Å². The van der Waals surface area contributed by atoms with Crippen LogP contribution in [0.2, 0.25) is 15.2 Å². The lowest BCUT2D eigenvalue weighted by atomic mass is 10.2. The van der Waals surface area contributed by atoms with Gasteiger partial charge in [-0.25, -0.2) is 4.98 Å². The Balaban J connectivity index is 2.18. The normalized spacial score (nSPS) is 10.3. The fraction of sp³-hybridized carbons (Fsp3) is 0.214. The number of hydrogen-bond acceptors (Lipinski definition) is 4. The molecule has 1 heterocycles. The second-order valence-electron chi connectivity index (χ2n) is 4.12. The van der Waals surface area contributed by atoms with Gasteiger partial charge in [0.25, 0.3) is 0 Å². The summed E-state index contributed by atoms with van der Waals surface area (Å²) in [6, 6.07) is 7.10. The van der Waals surface area contributed by atoms with Crippen molar-refractivity contribution in [3.63, 3.8) is 0 Å². The van der Waals surface area contributed by atoms with Gasteiger partial charge in [-0.3, -0.25) is 0 Å². The minimum absolute atomic E-state index is 0.199. The van der Waals surface area contributed by atoms with E-state index in [-0.39, 0.29) is 5.15 Å². The second kappa shape index (κ2) is 7.07. The van der Waals surface area contributed by atoms with E-state index in [1.165, 1.54) is 0 Å². The number of anilines is 1. The predicted molar refractivity (Wildman–Crippen MR) is 86.1 cm³/mol. The molecule has 1 N–H and O–H groups in total. The highest BCUT2D eigenvalue weighted by Gasteiger charge is 2.09. The number of nitrogens with one attached hydrogen (secondary N) is 1. The van der Waals surface area contributed by atoms with Gasteiger partial charge in [-0.2, -0.15) is 0 Å². The number of benzene rings is 1. The van der Waals surface area contributed by atoms with Crippen molar-refractivity contribution in [2.24, 2.45) is 0 Å². The van der Waals surface area contributed by atoms with Crippen molar-refractivity contribution < 1.29 is 9.47 Å². The van der Waals surface area contributed by atoms with Gasteiger partial charge >= 0.3 is 0 Å². The van der Waals surface area contributed by atoms with E-state index < -0.39 is 0 Å². The van der Waals surface area contributed by atoms with Gasteiger partial charge in [-0.15, -0.1) is 0 Å². The summed E-state index contributed by atoms with van der Waals surface area (Å²) < 4.78 is 10.5. The molecule has 0 aliphatic carbocycles. The molecule has 0 saturated heterocycles. The summed E-state index contributed by atoms with van der Waals surface area (Å²) in [5.74, 6) is 1.89. The number of halogens is 3. The molecule has 112 valence electrons. The van der Waals surface area contributed by atoms with Gasteiger partial charge in [-0.1, -0.05) is 34.8 Å². The van der Waals surface area contributed by atoms with Crippen LogP contribution >= 0.6 is 34.8 Å². The number of methoxy groups -OCH3 is 2. The minimum atomic E-state index is 0.199. The Labute approximate surface area is 137 Å². The van der Waals surface area contributed by atoms with E-state index in [9.17, 15) is 0 Å². The number of ether oxygens (including phenoxy) is 2. The molecule has 0 aliphatic rings. The molecule has 2 aromatic rings. The van der Waals surface area contributed by atoms with Crippen LogP contribution in [0.5, 0.6) is 11.5 Å². The van der Waals surface area contributed by atoms with Crippen molar-refractivity contribution in [2.45, 2.75) is 6.54 Å². The first-order valence-corrected chi connectivity index (χ1v) is 7.15. The van der Waals surface area contributed by atoms with Gasteiger partial charge < -0.3 is 14.8 Å². The zero-order valence-corrected chi connectivity index (χ0v) is 13.7. The molecule has 0 bridgehead atoms. The number of nitrogens with zero attached hydrogens (tertiary/aromatic N) is 1. The summed E-state index contributed by atoms with van der Waals surface area (Å²) in [5, 5.41) is 4.02. The maximum Gasteiger partial charge on any atom is 0.150 e. The molecule has 0 amide bonds. The largest absolute Gasteiger partial charge is 0.497 e. The predicted octanol–water partition coefficient (Wildman–Crippen LogP) is 4.67. The zero-order valence-electron chi connectivity index (χ0n) is 11.4. The van der Waals surface area contributed by atoms with E-state index in [4.69, 9.17) is 44.3 Å². The standard InChI is InChI=1S/C14H13Cl3N2O2/c1-20-9-4-3-8(12(5-9)21-2)7-18-14-11(16)6-10(15)13(17)19-14/h3-6H,7H2,1-2H3,(H,18,19). The third-order valence-electron chi connectivity index (χ3n) is 2.83. The van der Waals surface area contributed by atoms with Gasteiger partial charge in [-0.05, 0) is 18.2 Å². The zero-order chi connectivity index (χ0) is 15.4. The van der Waals surface area contributed by atoms with Crippen molar-refractivity contribution in [1.82, 2.24) is 4.98 Å². The lowest BCUT2D eigenvalue weighted by molar-refractivity contribution is 0.391. The molecule has 0 radical (unpaired) electrons. The van der Waals surface area contributed by atoms with Crippen LogP contribution in [-0.4, -0.2) is 19.2 Å². The van der Waals surface area contributed by atoms with Crippen molar-refractivity contribution in [3.05, 3.63) is 45.0 Å². The number of pyridine rings is 1. The molecule has 2 rings (SSSR count). The third-order valence-corrected chi connectivity index (χ3v) is 3.79. The van der Waals surface area contributed by atoms with E-state index in [2.05, 4.69) is 10.3 Å². The van der Waals surface area contributed by atoms with E-state index in [0.717, 1.165) is 11.3 Å². The molecule has 21 heavy (non-hydrogen) atoms. The van der Waals surface area contributed by atoms with Gasteiger partial charge in [0.05, 0.1) is 24.3 Å². The van der Waals surface area contributed by atoms with E-state index in [1.807, 2.05) is 12.1 Å². The van der Waals surface area contributed by atoms with Crippen LogP contribution in [0.15, 0.2) is 24.3 Å². The molecule has 0 saturated carbocycles. The number of rotatable bonds is 5. The molecule has 0 fully saturated rings. The highest BCUT2D eigenvalue weighted by Crippen LogP contribution is 2.30. The van der Waals surface area contributed by atoms with Crippen LogP contribution < -0.4 is 14.8 Å². The van der Waals surface area contributed by atoms with E-state index >= 15 is 0 Å². The average Bonchev–Trinajstić information content (AvgIpc) is 2.49. The Hall–Kier alpha value is -1.36. The molecule has 1 aromatic carbocycles. The number of hydrogen-bond donors (Lipinski definition) is 1. The van der Waals surface area contributed by atoms with Crippen LogP contribution in [0.1, 0.15) is 5.56 Å². The van der Waals surface area contributed by atoms with Crippen molar-refractivity contribution in [3.8, 4) is 11.5 Å². The fourth-order valence-corrected chi connectivity index (χ4v) is 2.31. The summed E-state index contributed by atoms with van der Waals surface area (Å²) in [5.41, 5.74) is 0.933. The maximum absolute atomic E-state index is 6.07.